The summed E-state index contributed by atoms with van der Waals surface area (Å²) in [4.78, 5) is 0. The molecule has 0 spiro atoms. The lowest BCUT2D eigenvalue weighted by atomic mass is 10.1. The molecule has 0 aliphatic carbocycles. The van der Waals surface area contributed by atoms with Crippen LogP contribution >= 0.6 is 0 Å². The maximum absolute atomic E-state index is 5.34. The number of methoxy groups -OCH3 is 1. The van der Waals surface area contributed by atoms with Crippen molar-refractivity contribution in [2.24, 2.45) is 0 Å². The number of ether oxygens (including phenoxy) is 2. The summed E-state index contributed by atoms with van der Waals surface area (Å²) in [6, 6.07) is 7.97. The summed E-state index contributed by atoms with van der Waals surface area (Å²) >= 11 is 0. The maximum atomic E-state index is 5.34. The lowest BCUT2D eigenvalue weighted by Crippen LogP contribution is -1.98. The van der Waals surface area contributed by atoms with Crippen LogP contribution in [-0.2, 0) is 4.74 Å². The summed E-state index contributed by atoms with van der Waals surface area (Å²) < 4.78 is 10.2. The second kappa shape index (κ2) is 5.45. The van der Waals surface area contributed by atoms with Gasteiger partial charge in [0.1, 0.15) is 5.75 Å². The smallest absolute Gasteiger partial charge is 0.188 e. The number of rotatable bonds is 4. The van der Waals surface area contributed by atoms with Crippen LogP contribution in [-0.4, -0.2) is 13.9 Å². The molecular formula is C12H16O2. The Labute approximate surface area is 85.2 Å². The molecule has 0 atom stereocenters. The van der Waals surface area contributed by atoms with E-state index >= 15 is 0 Å². The van der Waals surface area contributed by atoms with E-state index in [2.05, 4.69) is 19.1 Å². The SMILES string of the molecule is C/C=C(/C)c1cccc(OCOC)c1. The van der Waals surface area contributed by atoms with Crippen molar-refractivity contribution in [1.82, 2.24) is 0 Å². The molecule has 0 aromatic heterocycles. The molecule has 0 aliphatic heterocycles. The molecule has 1 aromatic carbocycles. The van der Waals surface area contributed by atoms with E-state index in [-0.39, 0.29) is 0 Å². The first kappa shape index (κ1) is 10.8. The Morgan fingerprint density at radius 2 is 2.21 bits per heavy atom. The first-order chi connectivity index (χ1) is 6.77. The normalized spacial score (nSPS) is 11.5. The third-order valence-electron chi connectivity index (χ3n) is 2.07. The van der Waals surface area contributed by atoms with Gasteiger partial charge < -0.3 is 9.47 Å². The average Bonchev–Trinajstić information content (AvgIpc) is 2.25. The van der Waals surface area contributed by atoms with E-state index in [1.807, 2.05) is 25.1 Å². The van der Waals surface area contributed by atoms with E-state index in [0.717, 1.165) is 5.75 Å². The predicted octanol–water partition coefficient (Wildman–Crippen LogP) is 3.09. The second-order valence-corrected chi connectivity index (χ2v) is 3.05. The molecule has 0 N–H and O–H groups in total. The minimum absolute atomic E-state index is 0.290. The Morgan fingerprint density at radius 3 is 2.86 bits per heavy atom. The largest absolute Gasteiger partial charge is 0.468 e. The van der Waals surface area contributed by atoms with Gasteiger partial charge in [-0.3, -0.25) is 0 Å². The highest BCUT2D eigenvalue weighted by Gasteiger charge is 1.97. The van der Waals surface area contributed by atoms with Gasteiger partial charge in [0.05, 0.1) is 0 Å². The fourth-order valence-electron chi connectivity index (χ4n) is 1.12. The summed E-state index contributed by atoms with van der Waals surface area (Å²) in [5, 5.41) is 0. The zero-order chi connectivity index (χ0) is 10.4. The van der Waals surface area contributed by atoms with Crippen LogP contribution in [0.1, 0.15) is 19.4 Å². The third kappa shape index (κ3) is 2.89. The molecule has 76 valence electrons. The van der Waals surface area contributed by atoms with Gasteiger partial charge in [-0.05, 0) is 37.1 Å². The van der Waals surface area contributed by atoms with Gasteiger partial charge in [-0.1, -0.05) is 18.2 Å². The topological polar surface area (TPSA) is 18.5 Å². The summed E-state index contributed by atoms with van der Waals surface area (Å²) in [5.74, 6) is 0.838. The van der Waals surface area contributed by atoms with Crippen molar-refractivity contribution < 1.29 is 9.47 Å². The second-order valence-electron chi connectivity index (χ2n) is 3.05. The van der Waals surface area contributed by atoms with Gasteiger partial charge in [-0.2, -0.15) is 0 Å². The quantitative estimate of drug-likeness (QED) is 0.682. The summed E-state index contributed by atoms with van der Waals surface area (Å²) in [6.45, 7) is 4.39. The molecule has 0 fully saturated rings. The van der Waals surface area contributed by atoms with E-state index in [0.29, 0.717) is 6.79 Å². The lowest BCUT2D eigenvalue weighted by Gasteiger charge is -2.06. The van der Waals surface area contributed by atoms with Crippen LogP contribution in [0.2, 0.25) is 0 Å². The molecule has 0 radical (unpaired) electrons. The standard InChI is InChI=1S/C12H16O2/c1-4-10(2)11-6-5-7-12(8-11)14-9-13-3/h4-8H,9H2,1-3H3/b10-4-. The molecule has 0 aliphatic rings. The fourth-order valence-corrected chi connectivity index (χ4v) is 1.12. The summed E-state index contributed by atoms with van der Waals surface area (Å²) in [6.07, 6.45) is 2.08. The van der Waals surface area contributed by atoms with Crippen LogP contribution < -0.4 is 4.74 Å². The minimum atomic E-state index is 0.290. The zero-order valence-corrected chi connectivity index (χ0v) is 8.91. The predicted molar refractivity (Wildman–Crippen MR) is 58.3 cm³/mol. The Hall–Kier alpha value is -1.28. The van der Waals surface area contributed by atoms with E-state index in [9.17, 15) is 0 Å². The Kier molecular flexibility index (Phi) is 4.20. The molecule has 2 nitrogen and oxygen atoms in total. The summed E-state index contributed by atoms with van der Waals surface area (Å²) in [5.41, 5.74) is 2.42. The third-order valence-corrected chi connectivity index (χ3v) is 2.07. The van der Waals surface area contributed by atoms with Gasteiger partial charge in [0.2, 0.25) is 0 Å². The summed E-state index contributed by atoms with van der Waals surface area (Å²) in [7, 11) is 1.61. The highest BCUT2D eigenvalue weighted by atomic mass is 16.7. The Morgan fingerprint density at radius 1 is 1.43 bits per heavy atom. The average molecular weight is 192 g/mol. The van der Waals surface area contributed by atoms with Crippen LogP contribution in [0.3, 0.4) is 0 Å². The zero-order valence-electron chi connectivity index (χ0n) is 8.91. The number of allylic oxidation sites excluding steroid dienone is 2. The van der Waals surface area contributed by atoms with Crippen molar-refractivity contribution in [3.05, 3.63) is 35.9 Å². The van der Waals surface area contributed by atoms with Gasteiger partial charge in [0.25, 0.3) is 0 Å². The van der Waals surface area contributed by atoms with Gasteiger partial charge in [0.15, 0.2) is 6.79 Å². The van der Waals surface area contributed by atoms with Crippen LogP contribution in [0, 0.1) is 0 Å². The van der Waals surface area contributed by atoms with Gasteiger partial charge in [-0.25, -0.2) is 0 Å². The van der Waals surface area contributed by atoms with Crippen LogP contribution in [0.5, 0.6) is 5.75 Å². The Bertz CT molecular complexity index is 316. The molecule has 14 heavy (non-hydrogen) atoms. The molecule has 1 rings (SSSR count). The van der Waals surface area contributed by atoms with Gasteiger partial charge in [0, 0.05) is 7.11 Å². The van der Waals surface area contributed by atoms with Crippen LogP contribution in [0.15, 0.2) is 30.3 Å². The number of hydrogen-bond donors (Lipinski definition) is 0. The highest BCUT2D eigenvalue weighted by molar-refractivity contribution is 5.64. The molecule has 0 unspecified atom stereocenters. The first-order valence-corrected chi connectivity index (χ1v) is 4.63. The van der Waals surface area contributed by atoms with E-state index in [1.54, 1.807) is 7.11 Å². The van der Waals surface area contributed by atoms with Gasteiger partial charge in [-0.15, -0.1) is 0 Å². The maximum Gasteiger partial charge on any atom is 0.188 e. The number of benzene rings is 1. The highest BCUT2D eigenvalue weighted by Crippen LogP contribution is 2.19. The molecule has 0 saturated carbocycles. The van der Waals surface area contributed by atoms with E-state index in [4.69, 9.17) is 9.47 Å². The first-order valence-electron chi connectivity index (χ1n) is 4.63. The van der Waals surface area contributed by atoms with Crippen LogP contribution in [0.25, 0.3) is 5.57 Å². The molecule has 0 amide bonds. The van der Waals surface area contributed by atoms with Crippen molar-refractivity contribution in [3.63, 3.8) is 0 Å². The van der Waals surface area contributed by atoms with Crippen molar-refractivity contribution >= 4 is 5.57 Å². The van der Waals surface area contributed by atoms with E-state index in [1.165, 1.54) is 11.1 Å². The van der Waals surface area contributed by atoms with Crippen molar-refractivity contribution in [2.75, 3.05) is 13.9 Å². The molecule has 2 heteroatoms. The minimum Gasteiger partial charge on any atom is -0.468 e. The fraction of sp³-hybridized carbons (Fsp3) is 0.333. The Balaban J connectivity index is 2.79. The lowest BCUT2D eigenvalue weighted by molar-refractivity contribution is 0.0511. The molecular weight excluding hydrogens is 176 g/mol. The molecule has 0 heterocycles. The van der Waals surface area contributed by atoms with Gasteiger partial charge >= 0.3 is 0 Å². The van der Waals surface area contributed by atoms with Crippen molar-refractivity contribution in [1.29, 1.82) is 0 Å². The molecule has 0 bridgehead atoms. The molecule has 1 aromatic rings. The van der Waals surface area contributed by atoms with Crippen molar-refractivity contribution in [2.45, 2.75) is 13.8 Å². The van der Waals surface area contributed by atoms with E-state index < -0.39 is 0 Å². The van der Waals surface area contributed by atoms with Crippen molar-refractivity contribution in [3.8, 4) is 5.75 Å². The van der Waals surface area contributed by atoms with Crippen LogP contribution in [0.4, 0.5) is 0 Å². The monoisotopic (exact) mass is 192 g/mol. The number of hydrogen-bond acceptors (Lipinski definition) is 2. The molecule has 0 saturated heterocycles.